The Kier molecular flexibility index (Phi) is 9.11. The molecule has 0 saturated heterocycles. The second kappa shape index (κ2) is 11.8. The highest BCUT2D eigenvalue weighted by atomic mass is 16.5. The molecule has 0 aliphatic rings. The van der Waals surface area contributed by atoms with Crippen molar-refractivity contribution in [2.24, 2.45) is 0 Å². The molecule has 0 unspecified atom stereocenters. The van der Waals surface area contributed by atoms with E-state index in [2.05, 4.69) is 33.4 Å². The number of rotatable bonds is 11. The molecule has 0 aliphatic carbocycles. The van der Waals surface area contributed by atoms with Gasteiger partial charge in [0.2, 0.25) is 0 Å². The first-order valence-electron chi connectivity index (χ1n) is 9.92. The standard InChI is InChI=1S/C22H30N2O4/c1-3-27-21(25)7-5-13-23-15-9-19(10-16-23)20-11-17-24(18-12-20)14-6-8-22(26)28-4-2/h9-12,15-18H,3-8,13-14H2,1-2H3/q+2. The molecule has 2 heterocycles. The Morgan fingerprint density at radius 3 is 1.39 bits per heavy atom. The molecule has 28 heavy (non-hydrogen) atoms. The van der Waals surface area contributed by atoms with Crippen molar-refractivity contribution in [3.05, 3.63) is 49.1 Å². The number of carbonyl (C=O) groups excluding carboxylic acids is 2. The molecule has 0 amide bonds. The molecule has 0 aliphatic heterocycles. The van der Waals surface area contributed by atoms with E-state index in [4.69, 9.17) is 9.47 Å². The normalized spacial score (nSPS) is 10.5. The first kappa shape index (κ1) is 21.5. The number of esters is 2. The van der Waals surface area contributed by atoms with E-state index >= 15 is 0 Å². The lowest BCUT2D eigenvalue weighted by Gasteiger charge is -2.03. The van der Waals surface area contributed by atoms with Crippen LogP contribution in [0.4, 0.5) is 0 Å². The average Bonchev–Trinajstić information content (AvgIpc) is 2.70. The van der Waals surface area contributed by atoms with E-state index in [1.165, 1.54) is 0 Å². The Labute approximate surface area is 166 Å². The van der Waals surface area contributed by atoms with Crippen molar-refractivity contribution >= 4 is 11.9 Å². The van der Waals surface area contributed by atoms with Gasteiger partial charge in [-0.2, -0.15) is 0 Å². The van der Waals surface area contributed by atoms with Gasteiger partial charge in [0.25, 0.3) is 0 Å². The molecule has 6 nitrogen and oxygen atoms in total. The number of pyridine rings is 2. The first-order valence-corrected chi connectivity index (χ1v) is 9.92. The Bertz CT molecular complexity index is 677. The number of ether oxygens (including phenoxy) is 2. The van der Waals surface area contributed by atoms with Gasteiger partial charge in [0.05, 0.1) is 26.1 Å². The van der Waals surface area contributed by atoms with Gasteiger partial charge in [-0.25, -0.2) is 9.13 Å². The third kappa shape index (κ3) is 7.47. The number of hydrogen-bond acceptors (Lipinski definition) is 4. The van der Waals surface area contributed by atoms with Gasteiger partial charge in [-0.05, 0) is 25.0 Å². The molecule has 0 bridgehead atoms. The monoisotopic (exact) mass is 386 g/mol. The SMILES string of the molecule is CCOC(=O)CCC[n+]1ccc(-c2cc[n+](CCCC(=O)OCC)cc2)cc1. The van der Waals surface area contributed by atoms with Gasteiger partial charge in [-0.1, -0.05) is 0 Å². The van der Waals surface area contributed by atoms with Crippen LogP contribution in [0.25, 0.3) is 11.1 Å². The van der Waals surface area contributed by atoms with Gasteiger partial charge < -0.3 is 9.47 Å². The van der Waals surface area contributed by atoms with Crippen molar-refractivity contribution in [1.82, 2.24) is 0 Å². The smallest absolute Gasteiger partial charge is 0.306 e. The third-order valence-corrected chi connectivity index (χ3v) is 4.32. The Morgan fingerprint density at radius 1 is 0.714 bits per heavy atom. The molecule has 0 atom stereocenters. The van der Waals surface area contributed by atoms with Crippen molar-refractivity contribution in [2.45, 2.75) is 52.6 Å². The number of aryl methyl sites for hydroxylation is 2. The van der Waals surface area contributed by atoms with E-state index in [-0.39, 0.29) is 11.9 Å². The van der Waals surface area contributed by atoms with Crippen molar-refractivity contribution in [3.8, 4) is 11.1 Å². The van der Waals surface area contributed by atoms with Crippen LogP contribution in [0.1, 0.15) is 39.5 Å². The van der Waals surface area contributed by atoms with E-state index in [0.717, 1.165) is 37.1 Å². The van der Waals surface area contributed by atoms with Crippen LogP contribution in [-0.4, -0.2) is 25.2 Å². The summed E-state index contributed by atoms with van der Waals surface area (Å²) >= 11 is 0. The highest BCUT2D eigenvalue weighted by Gasteiger charge is 2.09. The van der Waals surface area contributed by atoms with Crippen LogP contribution in [-0.2, 0) is 32.2 Å². The summed E-state index contributed by atoms with van der Waals surface area (Å²) in [5.41, 5.74) is 2.28. The number of nitrogens with zero attached hydrogens (tertiary/aromatic N) is 2. The number of carbonyl (C=O) groups is 2. The van der Waals surface area contributed by atoms with Crippen molar-refractivity contribution in [1.29, 1.82) is 0 Å². The molecule has 0 fully saturated rings. The summed E-state index contributed by atoms with van der Waals surface area (Å²) in [6.45, 7) is 6.08. The van der Waals surface area contributed by atoms with Crippen LogP contribution < -0.4 is 9.13 Å². The molecule has 2 aromatic heterocycles. The van der Waals surface area contributed by atoms with Crippen molar-refractivity contribution in [3.63, 3.8) is 0 Å². The molecule has 0 N–H and O–H groups in total. The third-order valence-electron chi connectivity index (χ3n) is 4.32. The maximum Gasteiger partial charge on any atom is 0.306 e. The van der Waals surface area contributed by atoms with Gasteiger partial charge in [-0.3, -0.25) is 9.59 Å². The van der Waals surface area contributed by atoms with E-state index in [0.29, 0.717) is 26.1 Å². The fourth-order valence-electron chi connectivity index (χ4n) is 2.88. The lowest BCUT2D eigenvalue weighted by Crippen LogP contribution is -2.33. The number of aromatic nitrogens is 2. The molecular formula is C22H30N2O4+2. The van der Waals surface area contributed by atoms with Gasteiger partial charge >= 0.3 is 11.9 Å². The fourth-order valence-corrected chi connectivity index (χ4v) is 2.88. The maximum absolute atomic E-state index is 11.4. The van der Waals surface area contributed by atoms with Crippen LogP contribution in [0.3, 0.4) is 0 Å². The summed E-state index contributed by atoms with van der Waals surface area (Å²) in [5.74, 6) is -0.279. The lowest BCUT2D eigenvalue weighted by molar-refractivity contribution is -0.697. The largest absolute Gasteiger partial charge is 0.466 e. The molecule has 150 valence electrons. The van der Waals surface area contributed by atoms with Gasteiger partial charge in [-0.15, -0.1) is 0 Å². The maximum atomic E-state index is 11.4. The molecule has 0 aromatic carbocycles. The predicted octanol–water partition coefficient (Wildman–Crippen LogP) is 2.62. The molecule has 2 rings (SSSR count). The van der Waals surface area contributed by atoms with E-state index in [1.54, 1.807) is 0 Å². The Hall–Kier alpha value is -2.76. The molecule has 0 spiro atoms. The van der Waals surface area contributed by atoms with Crippen molar-refractivity contribution < 1.29 is 28.2 Å². The number of hydrogen-bond donors (Lipinski definition) is 0. The minimum Gasteiger partial charge on any atom is -0.466 e. The van der Waals surface area contributed by atoms with Gasteiger partial charge in [0, 0.05) is 37.1 Å². The average molecular weight is 386 g/mol. The minimum atomic E-state index is -0.139. The lowest BCUT2D eigenvalue weighted by atomic mass is 10.1. The molecule has 0 saturated carbocycles. The van der Waals surface area contributed by atoms with Crippen LogP contribution in [0, 0.1) is 0 Å². The van der Waals surface area contributed by atoms with Crippen molar-refractivity contribution in [2.75, 3.05) is 13.2 Å². The summed E-state index contributed by atoms with van der Waals surface area (Å²) < 4.78 is 14.0. The highest BCUT2D eigenvalue weighted by molar-refractivity contribution is 5.69. The summed E-state index contributed by atoms with van der Waals surface area (Å²) in [7, 11) is 0. The first-order chi connectivity index (χ1) is 13.6. The van der Waals surface area contributed by atoms with Gasteiger partial charge in [0.15, 0.2) is 24.8 Å². The fraction of sp³-hybridized carbons (Fsp3) is 0.455. The molecular weight excluding hydrogens is 356 g/mol. The molecule has 2 aromatic rings. The van der Waals surface area contributed by atoms with E-state index in [9.17, 15) is 9.59 Å². The Balaban J connectivity index is 1.81. The van der Waals surface area contributed by atoms with E-state index < -0.39 is 0 Å². The summed E-state index contributed by atoms with van der Waals surface area (Å²) in [6, 6.07) is 8.30. The van der Waals surface area contributed by atoms with Crippen LogP contribution >= 0.6 is 0 Å². The van der Waals surface area contributed by atoms with Gasteiger partial charge in [0.1, 0.15) is 13.1 Å². The summed E-state index contributed by atoms with van der Waals surface area (Å²) in [5, 5.41) is 0. The summed E-state index contributed by atoms with van der Waals surface area (Å²) in [6.07, 6.45) is 10.5. The molecule has 6 heteroatoms. The summed E-state index contributed by atoms with van der Waals surface area (Å²) in [4.78, 5) is 22.7. The highest BCUT2D eigenvalue weighted by Crippen LogP contribution is 2.15. The van der Waals surface area contributed by atoms with Crippen LogP contribution in [0.5, 0.6) is 0 Å². The zero-order valence-electron chi connectivity index (χ0n) is 16.8. The quantitative estimate of drug-likeness (QED) is 0.440. The zero-order valence-corrected chi connectivity index (χ0v) is 16.8. The second-order valence-electron chi connectivity index (χ2n) is 6.47. The van der Waals surface area contributed by atoms with Crippen LogP contribution in [0.2, 0.25) is 0 Å². The Morgan fingerprint density at radius 2 is 1.07 bits per heavy atom. The second-order valence-corrected chi connectivity index (χ2v) is 6.47. The van der Waals surface area contributed by atoms with Crippen LogP contribution in [0.15, 0.2) is 49.1 Å². The minimum absolute atomic E-state index is 0.139. The molecule has 0 radical (unpaired) electrons. The van der Waals surface area contributed by atoms with E-state index in [1.807, 2.05) is 38.6 Å². The zero-order chi connectivity index (χ0) is 20.2. The topological polar surface area (TPSA) is 60.4 Å². The predicted molar refractivity (Wildman–Crippen MR) is 104 cm³/mol.